The van der Waals surface area contributed by atoms with Crippen LogP contribution in [0, 0.1) is 0 Å². The minimum absolute atomic E-state index is 0.0328. The van der Waals surface area contributed by atoms with E-state index in [1.807, 2.05) is 0 Å². The van der Waals surface area contributed by atoms with Crippen LogP contribution < -0.4 is 20.3 Å². The number of benzene rings is 2. The Labute approximate surface area is 213 Å². The highest BCUT2D eigenvalue weighted by Crippen LogP contribution is 2.35. The number of hydrogen-bond donors (Lipinski definition) is 2. The zero-order valence-electron chi connectivity index (χ0n) is 18.2. The Morgan fingerprint density at radius 1 is 1.19 bits per heavy atom. The number of halogens is 4. The number of sulfonamides is 1. The molecule has 194 valence electrons. The minimum atomic E-state index is -5.09. The lowest BCUT2D eigenvalue weighted by Gasteiger charge is -2.23. The van der Waals surface area contributed by atoms with Crippen LogP contribution in [-0.4, -0.2) is 42.5 Å². The number of aromatic carboxylic acids is 1. The van der Waals surface area contributed by atoms with E-state index in [1.165, 1.54) is 17.5 Å². The lowest BCUT2D eigenvalue weighted by atomic mass is 10.2. The minimum Gasteiger partial charge on any atom is -0.477 e. The number of aromatic amines is 1. The van der Waals surface area contributed by atoms with Gasteiger partial charge in [0.05, 0.1) is 32.2 Å². The Kier molecular flexibility index (Phi) is 6.56. The van der Waals surface area contributed by atoms with Crippen LogP contribution in [0.3, 0.4) is 0 Å². The molecule has 0 bridgehead atoms. The third-order valence-electron chi connectivity index (χ3n) is 5.09. The Bertz CT molecular complexity index is 1780. The van der Waals surface area contributed by atoms with Crippen LogP contribution in [0.4, 0.5) is 18.9 Å². The summed E-state index contributed by atoms with van der Waals surface area (Å²) >= 11 is 6.87. The van der Waals surface area contributed by atoms with Crippen molar-refractivity contribution in [2.75, 3.05) is 11.4 Å². The van der Waals surface area contributed by atoms with Crippen LogP contribution in [-0.2, 0) is 10.0 Å². The van der Waals surface area contributed by atoms with Crippen molar-refractivity contribution in [2.45, 2.75) is 11.3 Å². The summed E-state index contributed by atoms with van der Waals surface area (Å²) in [6.45, 7) is 0. The van der Waals surface area contributed by atoms with E-state index in [2.05, 4.69) is 9.72 Å². The van der Waals surface area contributed by atoms with Crippen molar-refractivity contribution in [1.82, 2.24) is 9.55 Å². The maximum absolute atomic E-state index is 13.3. The molecule has 0 spiro atoms. The number of carboxylic acid groups (broad SMARTS) is 1. The number of aromatic nitrogens is 2. The standard InChI is InChI=1S/C21H13ClF3N3O7S2/c1-27(13-4-2-3-5-15(13)35-21(23,24)25)37(33,34)10-6-7-11(22)14(8-10)28-18(29)16-12(26-20(28)32)9-36-17(16)19(30)31/h2-9H,1H3,(H,26,32)(H,30,31). The summed E-state index contributed by atoms with van der Waals surface area (Å²) in [6.07, 6.45) is -5.09. The number of thiophene rings is 1. The van der Waals surface area contributed by atoms with Gasteiger partial charge in [-0.3, -0.25) is 9.10 Å². The van der Waals surface area contributed by atoms with Gasteiger partial charge in [0.2, 0.25) is 0 Å². The predicted octanol–water partition coefficient (Wildman–Crippen LogP) is 3.82. The van der Waals surface area contributed by atoms with E-state index in [9.17, 15) is 41.1 Å². The SMILES string of the molecule is CN(c1ccccc1OC(F)(F)F)S(=O)(=O)c1ccc(Cl)c(-n2c(=O)[nH]c3csc(C(=O)O)c3c2=O)c1. The first-order chi connectivity index (χ1) is 17.2. The molecule has 0 aliphatic heterocycles. The van der Waals surface area contributed by atoms with E-state index < -0.39 is 55.6 Å². The Morgan fingerprint density at radius 2 is 1.86 bits per heavy atom. The molecule has 0 saturated heterocycles. The van der Waals surface area contributed by atoms with Gasteiger partial charge < -0.3 is 14.8 Å². The third-order valence-corrected chi connectivity index (χ3v) is 8.15. The van der Waals surface area contributed by atoms with Gasteiger partial charge in [0.25, 0.3) is 15.6 Å². The molecule has 0 amide bonds. The van der Waals surface area contributed by atoms with Gasteiger partial charge in [0.1, 0.15) is 4.88 Å². The summed E-state index contributed by atoms with van der Waals surface area (Å²) in [7, 11) is -3.60. The second-order valence-corrected chi connectivity index (χ2v) is 10.6. The van der Waals surface area contributed by atoms with E-state index in [4.69, 9.17) is 11.6 Å². The molecule has 0 unspecified atom stereocenters. The largest absolute Gasteiger partial charge is 0.573 e. The number of rotatable bonds is 6. The van der Waals surface area contributed by atoms with Crippen molar-refractivity contribution in [3.8, 4) is 11.4 Å². The topological polar surface area (TPSA) is 139 Å². The number of hydrogen-bond acceptors (Lipinski definition) is 7. The fraction of sp³-hybridized carbons (Fsp3) is 0.0952. The number of H-pyrrole nitrogens is 1. The molecule has 10 nitrogen and oxygen atoms in total. The first-order valence-corrected chi connectivity index (χ1v) is 12.6. The van der Waals surface area contributed by atoms with E-state index in [1.54, 1.807) is 0 Å². The van der Waals surface area contributed by atoms with Gasteiger partial charge in [-0.2, -0.15) is 0 Å². The molecule has 0 radical (unpaired) electrons. The van der Waals surface area contributed by atoms with Crippen molar-refractivity contribution in [1.29, 1.82) is 0 Å². The van der Waals surface area contributed by atoms with Gasteiger partial charge in [-0.15, -0.1) is 24.5 Å². The first-order valence-electron chi connectivity index (χ1n) is 9.86. The van der Waals surface area contributed by atoms with E-state index in [-0.39, 0.29) is 20.8 Å². The van der Waals surface area contributed by atoms with Gasteiger partial charge in [0.15, 0.2) is 5.75 Å². The molecular weight excluding hydrogens is 563 g/mol. The Hall–Kier alpha value is -3.82. The number of carboxylic acids is 1. The number of para-hydroxylation sites is 2. The molecule has 0 aliphatic carbocycles. The number of ether oxygens (including phenoxy) is 1. The molecule has 2 aromatic heterocycles. The van der Waals surface area contributed by atoms with Gasteiger partial charge in [-0.25, -0.2) is 22.6 Å². The number of nitrogens with zero attached hydrogens (tertiary/aromatic N) is 2. The number of carbonyl (C=O) groups is 1. The van der Waals surface area contributed by atoms with Gasteiger partial charge in [-0.05, 0) is 30.3 Å². The summed E-state index contributed by atoms with van der Waals surface area (Å²) in [6, 6.07) is 7.49. The van der Waals surface area contributed by atoms with Crippen LogP contribution in [0.5, 0.6) is 5.75 Å². The number of nitrogens with one attached hydrogen (secondary N) is 1. The molecular formula is C21H13ClF3N3O7S2. The van der Waals surface area contributed by atoms with Crippen molar-refractivity contribution in [3.05, 3.63) is 78.6 Å². The second-order valence-electron chi connectivity index (χ2n) is 7.33. The number of fused-ring (bicyclic) bond motifs is 1. The maximum Gasteiger partial charge on any atom is 0.573 e. The molecule has 16 heteroatoms. The molecule has 4 aromatic rings. The highest BCUT2D eigenvalue weighted by Gasteiger charge is 2.34. The van der Waals surface area contributed by atoms with E-state index >= 15 is 0 Å². The smallest absolute Gasteiger partial charge is 0.477 e. The molecule has 4 rings (SSSR count). The van der Waals surface area contributed by atoms with Gasteiger partial charge in [-0.1, -0.05) is 23.7 Å². The van der Waals surface area contributed by atoms with Crippen molar-refractivity contribution < 1.29 is 36.2 Å². The molecule has 2 N–H and O–H groups in total. The van der Waals surface area contributed by atoms with E-state index in [0.29, 0.717) is 20.2 Å². The van der Waals surface area contributed by atoms with Crippen LogP contribution in [0.25, 0.3) is 16.6 Å². The molecule has 2 aromatic carbocycles. The fourth-order valence-electron chi connectivity index (χ4n) is 3.45. The van der Waals surface area contributed by atoms with E-state index in [0.717, 1.165) is 37.4 Å². The Balaban J connectivity index is 1.88. The molecule has 0 saturated carbocycles. The monoisotopic (exact) mass is 575 g/mol. The average Bonchev–Trinajstić information content (AvgIpc) is 3.23. The Morgan fingerprint density at radius 3 is 2.51 bits per heavy atom. The van der Waals surface area contributed by atoms with Crippen LogP contribution >= 0.6 is 22.9 Å². The number of alkyl halides is 3. The molecule has 0 atom stereocenters. The first kappa shape index (κ1) is 26.2. The average molecular weight is 576 g/mol. The summed E-state index contributed by atoms with van der Waals surface area (Å²) in [5, 5.41) is 10.1. The summed E-state index contributed by atoms with van der Waals surface area (Å²) in [4.78, 5) is 38.8. The fourth-order valence-corrected chi connectivity index (χ4v) is 5.71. The summed E-state index contributed by atoms with van der Waals surface area (Å²) in [5.41, 5.74) is -2.97. The highest BCUT2D eigenvalue weighted by molar-refractivity contribution is 7.92. The molecule has 0 fully saturated rings. The zero-order chi connectivity index (χ0) is 27.3. The summed E-state index contributed by atoms with van der Waals surface area (Å²) < 4.78 is 70.1. The lowest BCUT2D eigenvalue weighted by molar-refractivity contribution is -0.274. The van der Waals surface area contributed by atoms with Crippen molar-refractivity contribution in [3.63, 3.8) is 0 Å². The lowest BCUT2D eigenvalue weighted by Crippen LogP contribution is -2.34. The quantitative estimate of drug-likeness (QED) is 0.356. The third kappa shape index (κ3) is 4.80. The van der Waals surface area contributed by atoms with Crippen molar-refractivity contribution >= 4 is 55.5 Å². The predicted molar refractivity (Wildman–Crippen MR) is 129 cm³/mol. The van der Waals surface area contributed by atoms with Crippen LogP contribution in [0.1, 0.15) is 9.67 Å². The zero-order valence-corrected chi connectivity index (χ0v) is 20.6. The van der Waals surface area contributed by atoms with Crippen LogP contribution in [0.2, 0.25) is 5.02 Å². The normalized spacial score (nSPS) is 12.0. The second kappa shape index (κ2) is 9.24. The maximum atomic E-state index is 13.3. The molecule has 0 aliphatic rings. The van der Waals surface area contributed by atoms with Gasteiger partial charge in [0, 0.05) is 12.4 Å². The molecule has 37 heavy (non-hydrogen) atoms. The number of anilines is 1. The highest BCUT2D eigenvalue weighted by atomic mass is 35.5. The van der Waals surface area contributed by atoms with Crippen LogP contribution in [0.15, 0.2) is 62.3 Å². The molecule has 2 heterocycles. The summed E-state index contributed by atoms with van der Waals surface area (Å²) in [5.74, 6) is -2.20. The van der Waals surface area contributed by atoms with Crippen molar-refractivity contribution in [2.24, 2.45) is 0 Å². The van der Waals surface area contributed by atoms with Gasteiger partial charge >= 0.3 is 18.0 Å².